The van der Waals surface area contributed by atoms with Crippen LogP contribution in [0.1, 0.15) is 31.2 Å². The van der Waals surface area contributed by atoms with Gasteiger partial charge in [0.1, 0.15) is 0 Å². The van der Waals surface area contributed by atoms with Crippen LogP contribution in [-0.2, 0) is 10.4 Å². The van der Waals surface area contributed by atoms with Crippen LogP contribution < -0.4 is 5.32 Å². The minimum absolute atomic E-state index is 0.429. The van der Waals surface area contributed by atoms with Gasteiger partial charge >= 0.3 is 0 Å². The summed E-state index contributed by atoms with van der Waals surface area (Å²) in [6, 6.07) is 7.12. The Kier molecular flexibility index (Phi) is 2.78. The average molecular weight is 260 g/mol. The van der Waals surface area contributed by atoms with Crippen molar-refractivity contribution in [2.75, 3.05) is 5.32 Å². The molecule has 3 rings (SSSR count). The number of aliphatic hydroxyl groups is 1. The Balaban J connectivity index is 2.09. The van der Waals surface area contributed by atoms with Gasteiger partial charge in [0.05, 0.1) is 5.71 Å². The van der Waals surface area contributed by atoms with E-state index in [4.69, 9.17) is 5.21 Å². The van der Waals surface area contributed by atoms with Crippen LogP contribution >= 0.6 is 0 Å². The van der Waals surface area contributed by atoms with Gasteiger partial charge in [-0.05, 0) is 25.3 Å². The fourth-order valence-electron chi connectivity index (χ4n) is 3.18. The van der Waals surface area contributed by atoms with E-state index in [-0.39, 0.29) is 0 Å². The van der Waals surface area contributed by atoms with E-state index in [0.29, 0.717) is 29.8 Å². The van der Waals surface area contributed by atoms with Crippen molar-refractivity contribution in [1.29, 1.82) is 0 Å². The minimum Gasteiger partial charge on any atom is -0.411 e. The SMILES string of the molecule is O=C1Nc2ccccc2[C@@]1(O)[C@@H]1CCCCC1=NO. The van der Waals surface area contributed by atoms with Crippen molar-refractivity contribution in [2.45, 2.75) is 31.3 Å². The molecule has 5 heteroatoms. The molecule has 0 aromatic heterocycles. The second-order valence-corrected chi connectivity index (χ2v) is 5.16. The van der Waals surface area contributed by atoms with E-state index < -0.39 is 17.4 Å². The third-order valence-electron chi connectivity index (χ3n) is 4.14. The molecule has 1 aromatic rings. The number of fused-ring (bicyclic) bond motifs is 1. The zero-order valence-electron chi connectivity index (χ0n) is 10.5. The molecular weight excluding hydrogens is 244 g/mol. The first kappa shape index (κ1) is 12.2. The number of rotatable bonds is 1. The van der Waals surface area contributed by atoms with Crippen LogP contribution in [-0.4, -0.2) is 21.9 Å². The van der Waals surface area contributed by atoms with Crippen molar-refractivity contribution in [3.05, 3.63) is 29.8 Å². The van der Waals surface area contributed by atoms with E-state index in [2.05, 4.69) is 10.5 Å². The van der Waals surface area contributed by atoms with Gasteiger partial charge in [0.25, 0.3) is 5.91 Å². The monoisotopic (exact) mass is 260 g/mol. The molecule has 0 radical (unpaired) electrons. The van der Waals surface area contributed by atoms with E-state index in [1.807, 2.05) is 6.07 Å². The summed E-state index contributed by atoms with van der Waals surface area (Å²) in [6.07, 6.45) is 3.12. The Morgan fingerprint density at radius 3 is 2.89 bits per heavy atom. The molecule has 0 spiro atoms. The van der Waals surface area contributed by atoms with Crippen molar-refractivity contribution in [2.24, 2.45) is 11.1 Å². The standard InChI is InChI=1S/C14H16N2O3/c17-13-14(18,9-5-1-3-7-11(9)15-13)10-6-2-4-8-12(10)16-19/h1,3,5,7,10,18-19H,2,4,6,8H2,(H,15,17)/t10-,14-/m1/s1. The molecular formula is C14H16N2O3. The van der Waals surface area contributed by atoms with E-state index in [1.165, 1.54) is 0 Å². The molecule has 3 N–H and O–H groups in total. The summed E-state index contributed by atoms with van der Waals surface area (Å²) in [5.41, 5.74) is 0.116. The summed E-state index contributed by atoms with van der Waals surface area (Å²) in [5, 5.41) is 26.1. The third kappa shape index (κ3) is 1.65. The topological polar surface area (TPSA) is 81.9 Å². The predicted molar refractivity (Wildman–Crippen MR) is 70.1 cm³/mol. The Morgan fingerprint density at radius 2 is 2.11 bits per heavy atom. The number of nitrogens with one attached hydrogen (secondary N) is 1. The first-order chi connectivity index (χ1) is 9.17. The van der Waals surface area contributed by atoms with Gasteiger partial charge in [-0.1, -0.05) is 29.8 Å². The molecule has 1 amide bonds. The maximum absolute atomic E-state index is 12.2. The number of hydrogen-bond donors (Lipinski definition) is 3. The first-order valence-electron chi connectivity index (χ1n) is 6.52. The van der Waals surface area contributed by atoms with E-state index >= 15 is 0 Å². The number of carbonyl (C=O) groups excluding carboxylic acids is 1. The van der Waals surface area contributed by atoms with E-state index in [0.717, 1.165) is 12.8 Å². The third-order valence-corrected chi connectivity index (χ3v) is 4.14. The molecule has 2 atom stereocenters. The van der Waals surface area contributed by atoms with Gasteiger partial charge in [-0.25, -0.2) is 0 Å². The molecule has 100 valence electrons. The van der Waals surface area contributed by atoms with Crippen molar-refractivity contribution in [3.8, 4) is 0 Å². The zero-order valence-corrected chi connectivity index (χ0v) is 10.5. The Labute approximate surface area is 110 Å². The van der Waals surface area contributed by atoms with Gasteiger partial charge < -0.3 is 15.6 Å². The summed E-state index contributed by atoms with van der Waals surface area (Å²) in [5.74, 6) is -0.878. The number of anilines is 1. The van der Waals surface area contributed by atoms with Gasteiger partial charge in [0.2, 0.25) is 0 Å². The highest BCUT2D eigenvalue weighted by Gasteiger charge is 2.53. The summed E-state index contributed by atoms with van der Waals surface area (Å²) < 4.78 is 0. The highest BCUT2D eigenvalue weighted by molar-refractivity contribution is 6.08. The van der Waals surface area contributed by atoms with Crippen molar-refractivity contribution in [3.63, 3.8) is 0 Å². The number of para-hydroxylation sites is 1. The molecule has 0 saturated heterocycles. The maximum atomic E-state index is 12.2. The summed E-state index contributed by atoms with van der Waals surface area (Å²) in [6.45, 7) is 0. The second-order valence-electron chi connectivity index (χ2n) is 5.16. The first-order valence-corrected chi connectivity index (χ1v) is 6.52. The van der Waals surface area contributed by atoms with Crippen LogP contribution in [0, 0.1) is 5.92 Å². The highest BCUT2D eigenvalue weighted by atomic mass is 16.4. The fourth-order valence-corrected chi connectivity index (χ4v) is 3.18. The Morgan fingerprint density at radius 1 is 1.32 bits per heavy atom. The highest BCUT2D eigenvalue weighted by Crippen LogP contribution is 2.45. The normalized spacial score (nSPS) is 32.2. The smallest absolute Gasteiger partial charge is 0.261 e. The van der Waals surface area contributed by atoms with Gasteiger partial charge in [0, 0.05) is 17.2 Å². The molecule has 1 aliphatic heterocycles. The zero-order chi connectivity index (χ0) is 13.5. The molecule has 1 aromatic carbocycles. The van der Waals surface area contributed by atoms with Crippen LogP contribution in [0.25, 0.3) is 0 Å². The molecule has 2 aliphatic rings. The predicted octanol–water partition coefficient (Wildman–Crippen LogP) is 1.85. The van der Waals surface area contributed by atoms with Crippen LogP contribution in [0.3, 0.4) is 0 Å². The number of hydrogen-bond acceptors (Lipinski definition) is 4. The molecule has 19 heavy (non-hydrogen) atoms. The van der Waals surface area contributed by atoms with Gasteiger partial charge in [-0.15, -0.1) is 0 Å². The van der Waals surface area contributed by atoms with Crippen molar-refractivity contribution >= 4 is 17.3 Å². The molecule has 1 aliphatic carbocycles. The van der Waals surface area contributed by atoms with E-state index in [9.17, 15) is 9.90 Å². The van der Waals surface area contributed by atoms with Crippen LogP contribution in [0.15, 0.2) is 29.4 Å². The lowest BCUT2D eigenvalue weighted by Gasteiger charge is -2.34. The largest absolute Gasteiger partial charge is 0.411 e. The molecule has 1 heterocycles. The van der Waals surface area contributed by atoms with Crippen molar-refractivity contribution in [1.82, 2.24) is 0 Å². The lowest BCUT2D eigenvalue weighted by Crippen LogP contribution is -2.46. The Bertz CT molecular complexity index is 555. The molecule has 0 bridgehead atoms. The molecule has 1 fully saturated rings. The number of nitrogens with zero attached hydrogens (tertiary/aromatic N) is 1. The number of amides is 1. The van der Waals surface area contributed by atoms with Gasteiger partial charge in [-0.2, -0.15) is 0 Å². The number of oxime groups is 1. The average Bonchev–Trinajstić information content (AvgIpc) is 2.72. The van der Waals surface area contributed by atoms with Gasteiger partial charge in [-0.3, -0.25) is 4.79 Å². The summed E-state index contributed by atoms with van der Waals surface area (Å²) in [4.78, 5) is 12.2. The van der Waals surface area contributed by atoms with Crippen molar-refractivity contribution < 1.29 is 15.1 Å². The lowest BCUT2D eigenvalue weighted by molar-refractivity contribution is -0.137. The molecule has 0 unspecified atom stereocenters. The fraction of sp³-hybridized carbons (Fsp3) is 0.429. The second kappa shape index (κ2) is 4.35. The minimum atomic E-state index is -1.61. The maximum Gasteiger partial charge on any atom is 0.261 e. The Hall–Kier alpha value is -1.88. The number of benzene rings is 1. The summed E-state index contributed by atoms with van der Waals surface area (Å²) >= 11 is 0. The number of carbonyl (C=O) groups is 1. The van der Waals surface area contributed by atoms with Crippen LogP contribution in [0.5, 0.6) is 0 Å². The quantitative estimate of drug-likeness (QED) is 0.532. The molecule has 5 nitrogen and oxygen atoms in total. The summed E-state index contributed by atoms with van der Waals surface area (Å²) in [7, 11) is 0. The lowest BCUT2D eigenvalue weighted by atomic mass is 9.73. The van der Waals surface area contributed by atoms with Gasteiger partial charge in [0.15, 0.2) is 5.60 Å². The van der Waals surface area contributed by atoms with Crippen LogP contribution in [0.4, 0.5) is 5.69 Å². The van der Waals surface area contributed by atoms with Crippen LogP contribution in [0.2, 0.25) is 0 Å². The van der Waals surface area contributed by atoms with E-state index in [1.54, 1.807) is 18.2 Å². The molecule has 1 saturated carbocycles.